The van der Waals surface area contributed by atoms with Gasteiger partial charge >= 0.3 is 0 Å². The molecular formula is C26H29N5O. The summed E-state index contributed by atoms with van der Waals surface area (Å²) in [5.41, 5.74) is 1.04. The van der Waals surface area contributed by atoms with Crippen LogP contribution in [0.15, 0.2) is 46.5 Å². The van der Waals surface area contributed by atoms with Crippen LogP contribution in [0.25, 0.3) is 0 Å². The number of benzene rings is 1. The number of amidine groups is 1. The van der Waals surface area contributed by atoms with Crippen LogP contribution in [0.2, 0.25) is 0 Å². The lowest BCUT2D eigenvalue weighted by Gasteiger charge is -2.50. The summed E-state index contributed by atoms with van der Waals surface area (Å²) in [5, 5.41) is 12.6. The normalized spacial score (nSPS) is 35.3. The quantitative estimate of drug-likeness (QED) is 0.750. The lowest BCUT2D eigenvalue weighted by Crippen LogP contribution is -2.62. The SMILES string of the molecule is N#Cc1ccc(C(=O)C2CCC3C=NCC4N5C(=NC34C2)C=CNCC5C2CCC2)cc1. The third-order valence-electron chi connectivity index (χ3n) is 8.50. The van der Waals surface area contributed by atoms with Gasteiger partial charge < -0.3 is 10.2 Å². The van der Waals surface area contributed by atoms with E-state index >= 15 is 0 Å². The minimum absolute atomic E-state index is 0.0367. The van der Waals surface area contributed by atoms with E-state index in [-0.39, 0.29) is 23.3 Å². The summed E-state index contributed by atoms with van der Waals surface area (Å²) >= 11 is 0. The lowest BCUT2D eigenvalue weighted by molar-refractivity contribution is 0.0581. The van der Waals surface area contributed by atoms with Crippen molar-refractivity contribution < 1.29 is 4.79 Å². The highest BCUT2D eigenvalue weighted by Crippen LogP contribution is 2.50. The van der Waals surface area contributed by atoms with Crippen molar-refractivity contribution >= 4 is 17.8 Å². The van der Waals surface area contributed by atoms with Gasteiger partial charge in [-0.25, -0.2) is 0 Å². The van der Waals surface area contributed by atoms with E-state index in [2.05, 4.69) is 34.8 Å². The first-order chi connectivity index (χ1) is 15.7. The van der Waals surface area contributed by atoms with Gasteiger partial charge in [-0.15, -0.1) is 0 Å². The molecule has 2 aliphatic carbocycles. The van der Waals surface area contributed by atoms with Crippen LogP contribution in [0.1, 0.15) is 54.4 Å². The van der Waals surface area contributed by atoms with Gasteiger partial charge in [-0.3, -0.25) is 14.8 Å². The van der Waals surface area contributed by atoms with Crippen LogP contribution < -0.4 is 5.32 Å². The topological polar surface area (TPSA) is 80.8 Å². The van der Waals surface area contributed by atoms with Crippen molar-refractivity contribution in [2.75, 3.05) is 13.1 Å². The highest BCUT2D eigenvalue weighted by atomic mass is 16.1. The molecule has 1 aromatic rings. The Bertz CT molecular complexity index is 1050. The lowest BCUT2D eigenvalue weighted by atomic mass is 9.63. The molecule has 6 heteroatoms. The molecule has 6 rings (SSSR count). The number of rotatable bonds is 3. The fourth-order valence-electron chi connectivity index (χ4n) is 6.61. The smallest absolute Gasteiger partial charge is 0.166 e. The largest absolute Gasteiger partial charge is 0.389 e. The number of nitriles is 1. The standard InChI is InChI=1S/C26H29N5O/c27-13-17-4-6-19(7-5-17)25(32)20-8-9-21-14-29-16-23-26(21,12-20)30-24-10-11-28-15-22(31(23)24)18-2-1-3-18/h4-7,10-11,14,18,20-23,28H,1-3,8-9,12,15-16H2. The molecule has 0 amide bonds. The Morgan fingerprint density at radius 3 is 2.78 bits per heavy atom. The molecule has 32 heavy (non-hydrogen) atoms. The number of carbonyl (C=O) groups excluding carboxylic acids is 1. The average Bonchev–Trinajstić information content (AvgIpc) is 2.98. The second kappa shape index (κ2) is 7.58. The molecule has 0 bridgehead atoms. The maximum absolute atomic E-state index is 13.5. The Kier molecular flexibility index (Phi) is 4.67. The minimum atomic E-state index is -0.258. The average molecular weight is 428 g/mol. The molecule has 0 aromatic heterocycles. The van der Waals surface area contributed by atoms with Gasteiger partial charge in [0.25, 0.3) is 0 Å². The van der Waals surface area contributed by atoms with Gasteiger partial charge in [0, 0.05) is 36.4 Å². The van der Waals surface area contributed by atoms with Crippen molar-refractivity contribution in [1.82, 2.24) is 10.2 Å². The molecule has 5 atom stereocenters. The van der Waals surface area contributed by atoms with Gasteiger partial charge in [-0.2, -0.15) is 5.26 Å². The minimum Gasteiger partial charge on any atom is -0.389 e. The Morgan fingerprint density at radius 2 is 2.03 bits per heavy atom. The fraction of sp³-hybridized carbons (Fsp3) is 0.538. The van der Waals surface area contributed by atoms with Gasteiger partial charge in [0.15, 0.2) is 5.78 Å². The number of nitrogens with zero attached hydrogens (tertiary/aromatic N) is 4. The second-order valence-electron chi connectivity index (χ2n) is 10.0. The predicted molar refractivity (Wildman–Crippen MR) is 124 cm³/mol. The number of aliphatic imine (C=N–C) groups is 2. The Balaban J connectivity index is 1.33. The summed E-state index contributed by atoms with van der Waals surface area (Å²) in [5.74, 6) is 2.25. The molecule has 1 aromatic carbocycles. The van der Waals surface area contributed by atoms with Crippen LogP contribution in [0.5, 0.6) is 0 Å². The molecule has 0 saturated heterocycles. The molecular weight excluding hydrogens is 398 g/mol. The zero-order valence-corrected chi connectivity index (χ0v) is 18.3. The number of hydrogen-bond donors (Lipinski definition) is 1. The molecule has 2 fully saturated rings. The third kappa shape index (κ3) is 2.94. The summed E-state index contributed by atoms with van der Waals surface area (Å²) in [6.07, 6.45) is 12.8. The van der Waals surface area contributed by atoms with Crippen LogP contribution in [0.3, 0.4) is 0 Å². The number of hydrogen-bond acceptors (Lipinski definition) is 6. The van der Waals surface area contributed by atoms with Crippen LogP contribution in [-0.2, 0) is 0 Å². The van der Waals surface area contributed by atoms with Crippen LogP contribution >= 0.6 is 0 Å². The summed E-state index contributed by atoms with van der Waals surface area (Å²) < 4.78 is 0. The van der Waals surface area contributed by atoms with E-state index in [4.69, 9.17) is 15.2 Å². The summed E-state index contributed by atoms with van der Waals surface area (Å²) in [6, 6.07) is 9.92. The second-order valence-corrected chi connectivity index (χ2v) is 10.0. The van der Waals surface area contributed by atoms with Crippen LogP contribution in [0.4, 0.5) is 0 Å². The highest BCUT2D eigenvalue weighted by molar-refractivity contribution is 5.99. The summed E-state index contributed by atoms with van der Waals surface area (Å²) in [4.78, 5) is 26.3. The van der Waals surface area contributed by atoms with E-state index in [0.717, 1.165) is 38.2 Å². The number of Topliss-reactive ketones (excluding diaryl/α,β-unsaturated/α-hetero) is 1. The maximum atomic E-state index is 13.5. The first-order valence-corrected chi connectivity index (χ1v) is 12.0. The van der Waals surface area contributed by atoms with E-state index in [0.29, 0.717) is 29.0 Å². The molecule has 2 saturated carbocycles. The van der Waals surface area contributed by atoms with E-state index < -0.39 is 0 Å². The molecule has 5 aliphatic rings. The van der Waals surface area contributed by atoms with E-state index in [1.807, 2.05) is 0 Å². The zero-order chi connectivity index (χ0) is 21.7. The van der Waals surface area contributed by atoms with Gasteiger partial charge in [0.1, 0.15) is 5.84 Å². The van der Waals surface area contributed by atoms with Gasteiger partial charge in [0.2, 0.25) is 0 Å². The van der Waals surface area contributed by atoms with Crippen molar-refractivity contribution in [1.29, 1.82) is 5.26 Å². The van der Waals surface area contributed by atoms with Gasteiger partial charge in [-0.05, 0) is 56.2 Å². The van der Waals surface area contributed by atoms with E-state index in [9.17, 15) is 4.79 Å². The Hall–Kier alpha value is -2.94. The van der Waals surface area contributed by atoms with Crippen molar-refractivity contribution in [3.63, 3.8) is 0 Å². The number of ketones is 1. The molecule has 6 nitrogen and oxygen atoms in total. The first-order valence-electron chi connectivity index (χ1n) is 12.0. The van der Waals surface area contributed by atoms with Crippen molar-refractivity contribution in [3.05, 3.63) is 47.7 Å². The highest BCUT2D eigenvalue weighted by Gasteiger charge is 2.59. The van der Waals surface area contributed by atoms with Crippen molar-refractivity contribution in [2.24, 2.45) is 27.7 Å². The van der Waals surface area contributed by atoms with Gasteiger partial charge in [0.05, 0.1) is 35.8 Å². The van der Waals surface area contributed by atoms with Gasteiger partial charge in [-0.1, -0.05) is 18.6 Å². The zero-order valence-electron chi connectivity index (χ0n) is 18.3. The summed E-state index contributed by atoms with van der Waals surface area (Å²) in [6.45, 7) is 1.72. The van der Waals surface area contributed by atoms with Crippen molar-refractivity contribution in [3.8, 4) is 6.07 Å². The Labute approximate surface area is 189 Å². The van der Waals surface area contributed by atoms with Crippen LogP contribution in [0, 0.1) is 29.1 Å². The molecule has 1 spiro atoms. The molecule has 3 aliphatic heterocycles. The number of nitrogens with one attached hydrogen (secondary N) is 1. The monoisotopic (exact) mass is 427 g/mol. The first kappa shape index (κ1) is 19.7. The Morgan fingerprint density at radius 1 is 1.19 bits per heavy atom. The molecule has 5 unspecified atom stereocenters. The number of carbonyl (C=O) groups is 1. The molecule has 164 valence electrons. The fourth-order valence-corrected chi connectivity index (χ4v) is 6.61. The third-order valence-corrected chi connectivity index (χ3v) is 8.50. The van der Waals surface area contributed by atoms with E-state index in [1.54, 1.807) is 24.3 Å². The number of fused-ring (bicyclic) bond motifs is 2. The predicted octanol–water partition coefficient (Wildman–Crippen LogP) is 3.35. The molecule has 1 N–H and O–H groups in total. The summed E-state index contributed by atoms with van der Waals surface area (Å²) in [7, 11) is 0. The van der Waals surface area contributed by atoms with E-state index in [1.165, 1.54) is 19.3 Å². The maximum Gasteiger partial charge on any atom is 0.166 e. The van der Waals surface area contributed by atoms with Crippen molar-refractivity contribution in [2.45, 2.75) is 56.1 Å². The van der Waals surface area contributed by atoms with Crippen LogP contribution in [-0.4, -0.2) is 53.4 Å². The molecule has 3 heterocycles. The molecule has 0 radical (unpaired) electrons.